The van der Waals surface area contributed by atoms with Crippen molar-refractivity contribution in [3.63, 3.8) is 0 Å². The molecule has 7 heteroatoms. The molecule has 0 bridgehead atoms. The number of nitrogen functional groups attached to an aromatic ring is 1. The maximum absolute atomic E-state index is 13.1. The fourth-order valence-corrected chi connectivity index (χ4v) is 3.17. The molecule has 0 radical (unpaired) electrons. The minimum absolute atomic E-state index is 0.278. The summed E-state index contributed by atoms with van der Waals surface area (Å²) in [5, 5.41) is 4.17. The van der Waals surface area contributed by atoms with Crippen LogP contribution in [0.25, 0.3) is 22.0 Å². The van der Waals surface area contributed by atoms with Crippen LogP contribution in [-0.4, -0.2) is 27.0 Å². The summed E-state index contributed by atoms with van der Waals surface area (Å²) in [6, 6.07) is 5.68. The molecular weight excluding hydrogens is 345 g/mol. The van der Waals surface area contributed by atoms with Gasteiger partial charge in [-0.2, -0.15) is 0 Å². The van der Waals surface area contributed by atoms with Gasteiger partial charge in [0.1, 0.15) is 17.8 Å². The number of halogens is 1. The van der Waals surface area contributed by atoms with Crippen LogP contribution in [0.1, 0.15) is 24.6 Å². The van der Waals surface area contributed by atoms with Gasteiger partial charge in [-0.3, -0.25) is 9.78 Å². The summed E-state index contributed by atoms with van der Waals surface area (Å²) < 4.78 is 13.1. The number of amides is 1. The average molecular weight is 365 g/mol. The first-order chi connectivity index (χ1) is 13.0. The zero-order valence-electron chi connectivity index (χ0n) is 15.2. The first-order valence-electron chi connectivity index (χ1n) is 8.93. The highest BCUT2D eigenvalue weighted by atomic mass is 19.1. The minimum atomic E-state index is -1.04. The molecule has 2 atom stereocenters. The predicted octanol–water partition coefficient (Wildman–Crippen LogP) is 3.44. The number of aryl methyl sites for hydroxylation is 2. The number of hydrogen-bond donors (Lipinski definition) is 2. The van der Waals surface area contributed by atoms with Crippen LogP contribution in [0.15, 0.2) is 30.6 Å². The highest BCUT2D eigenvalue weighted by Gasteiger charge is 2.43. The van der Waals surface area contributed by atoms with Crippen LogP contribution in [0.3, 0.4) is 0 Å². The van der Waals surface area contributed by atoms with Gasteiger partial charge in [0.2, 0.25) is 5.91 Å². The number of nitrogens with two attached hydrogens (primary N) is 1. The summed E-state index contributed by atoms with van der Waals surface area (Å²) >= 11 is 0. The van der Waals surface area contributed by atoms with Crippen LogP contribution in [0.5, 0.6) is 0 Å². The number of alkyl halides is 1. The van der Waals surface area contributed by atoms with Gasteiger partial charge in [0.25, 0.3) is 0 Å². The Morgan fingerprint density at radius 2 is 2.07 bits per heavy atom. The topological polar surface area (TPSA) is 93.8 Å². The Morgan fingerprint density at radius 1 is 1.30 bits per heavy atom. The summed E-state index contributed by atoms with van der Waals surface area (Å²) in [7, 11) is 0. The van der Waals surface area contributed by atoms with Gasteiger partial charge in [0, 0.05) is 29.0 Å². The van der Waals surface area contributed by atoms with Crippen molar-refractivity contribution in [2.45, 2.75) is 32.9 Å². The molecule has 1 saturated carbocycles. The van der Waals surface area contributed by atoms with Gasteiger partial charge in [-0.1, -0.05) is 6.92 Å². The standard InChI is InChI=1S/C20H20FN5O/c1-3-11-4-10(2)23-8-14(11)17-5-12-6-18(24-9-15(12)19(22)25-17)26-20(27)13-7-16(13)21/h4-6,8-9,13,16H,3,7H2,1-2H3,(H2,22,25)(H,24,26,27)/t13-,16+/m0/s1. The van der Waals surface area contributed by atoms with E-state index in [1.807, 2.05) is 19.1 Å². The molecule has 3 aromatic heterocycles. The molecule has 3 N–H and O–H groups in total. The lowest BCUT2D eigenvalue weighted by Crippen LogP contribution is -2.15. The first kappa shape index (κ1) is 17.3. The Hall–Kier alpha value is -3.09. The van der Waals surface area contributed by atoms with Crippen LogP contribution in [0, 0.1) is 12.8 Å². The van der Waals surface area contributed by atoms with E-state index in [9.17, 15) is 9.18 Å². The monoisotopic (exact) mass is 365 g/mol. The first-order valence-corrected chi connectivity index (χ1v) is 8.93. The highest BCUT2D eigenvalue weighted by molar-refractivity contribution is 5.98. The number of carbonyl (C=O) groups is 1. The van der Waals surface area contributed by atoms with Crippen molar-refractivity contribution in [2.75, 3.05) is 11.1 Å². The van der Waals surface area contributed by atoms with Crippen molar-refractivity contribution in [3.8, 4) is 11.3 Å². The third-order valence-electron chi connectivity index (χ3n) is 4.83. The van der Waals surface area contributed by atoms with Crippen LogP contribution < -0.4 is 11.1 Å². The number of anilines is 2. The Bertz CT molecular complexity index is 1050. The van der Waals surface area contributed by atoms with Crippen molar-refractivity contribution in [1.29, 1.82) is 0 Å². The van der Waals surface area contributed by atoms with Crippen molar-refractivity contribution < 1.29 is 9.18 Å². The van der Waals surface area contributed by atoms with Crippen molar-refractivity contribution in [1.82, 2.24) is 15.0 Å². The molecule has 0 spiro atoms. The van der Waals surface area contributed by atoms with E-state index < -0.39 is 12.1 Å². The fourth-order valence-electron chi connectivity index (χ4n) is 3.17. The van der Waals surface area contributed by atoms with Gasteiger partial charge in [0.05, 0.1) is 11.6 Å². The predicted molar refractivity (Wildman–Crippen MR) is 103 cm³/mol. The van der Waals surface area contributed by atoms with Crippen molar-refractivity contribution in [3.05, 3.63) is 41.9 Å². The third-order valence-corrected chi connectivity index (χ3v) is 4.83. The Labute approximate surface area is 156 Å². The minimum Gasteiger partial charge on any atom is -0.383 e. The zero-order chi connectivity index (χ0) is 19.1. The van der Waals surface area contributed by atoms with Gasteiger partial charge < -0.3 is 11.1 Å². The molecule has 0 saturated heterocycles. The fraction of sp³-hybridized carbons (Fsp3) is 0.300. The Kier molecular flexibility index (Phi) is 4.22. The van der Waals surface area contributed by atoms with Gasteiger partial charge in [0.15, 0.2) is 0 Å². The number of pyridine rings is 3. The lowest BCUT2D eigenvalue weighted by Gasteiger charge is -2.11. The molecule has 0 aliphatic heterocycles. The van der Waals surface area contributed by atoms with Gasteiger partial charge in [-0.15, -0.1) is 0 Å². The molecule has 3 aromatic rings. The normalized spacial score (nSPS) is 18.5. The maximum atomic E-state index is 13.1. The van der Waals surface area contributed by atoms with Gasteiger partial charge >= 0.3 is 0 Å². The summed E-state index contributed by atoms with van der Waals surface area (Å²) in [4.78, 5) is 25.0. The molecule has 1 aliphatic rings. The van der Waals surface area contributed by atoms with E-state index in [2.05, 4.69) is 27.2 Å². The molecule has 1 fully saturated rings. The molecule has 138 valence electrons. The van der Waals surface area contributed by atoms with Crippen molar-refractivity contribution >= 4 is 28.3 Å². The van der Waals surface area contributed by atoms with E-state index in [0.29, 0.717) is 17.0 Å². The third kappa shape index (κ3) is 3.32. The quantitative estimate of drug-likeness (QED) is 0.739. The molecule has 0 aromatic carbocycles. The lowest BCUT2D eigenvalue weighted by molar-refractivity contribution is -0.117. The summed E-state index contributed by atoms with van der Waals surface area (Å²) in [5.74, 6) is -0.165. The average Bonchev–Trinajstić information content (AvgIpc) is 3.38. The smallest absolute Gasteiger partial charge is 0.231 e. The van der Waals surface area contributed by atoms with E-state index in [-0.39, 0.29) is 12.3 Å². The molecule has 4 rings (SSSR count). The van der Waals surface area contributed by atoms with Crippen LogP contribution in [0.4, 0.5) is 16.0 Å². The number of carbonyl (C=O) groups excluding carboxylic acids is 1. The van der Waals surface area contributed by atoms with E-state index in [0.717, 1.165) is 34.3 Å². The van der Waals surface area contributed by atoms with Gasteiger partial charge in [-0.25, -0.2) is 14.4 Å². The van der Waals surface area contributed by atoms with Crippen LogP contribution in [0.2, 0.25) is 0 Å². The van der Waals surface area contributed by atoms with E-state index >= 15 is 0 Å². The maximum Gasteiger partial charge on any atom is 0.231 e. The molecule has 0 unspecified atom stereocenters. The molecule has 6 nitrogen and oxygen atoms in total. The number of nitrogens with zero attached hydrogens (tertiary/aromatic N) is 3. The second kappa shape index (κ2) is 6.57. The Balaban J connectivity index is 1.74. The van der Waals surface area contributed by atoms with E-state index in [1.165, 1.54) is 0 Å². The Morgan fingerprint density at radius 3 is 2.78 bits per heavy atom. The SMILES string of the molecule is CCc1cc(C)ncc1-c1cc2cc(NC(=O)[C@H]3C[C@H]3F)ncc2c(N)n1. The largest absolute Gasteiger partial charge is 0.383 e. The number of nitrogens with one attached hydrogen (secondary N) is 1. The van der Waals surface area contributed by atoms with E-state index in [4.69, 9.17) is 5.73 Å². The zero-order valence-corrected chi connectivity index (χ0v) is 15.2. The lowest BCUT2D eigenvalue weighted by atomic mass is 10.0. The summed E-state index contributed by atoms with van der Waals surface area (Å²) in [5.41, 5.74) is 9.87. The van der Waals surface area contributed by atoms with Gasteiger partial charge in [-0.05, 0) is 48.9 Å². The second-order valence-electron chi connectivity index (χ2n) is 6.87. The summed E-state index contributed by atoms with van der Waals surface area (Å²) in [6.45, 7) is 4.03. The molecule has 1 aliphatic carbocycles. The second-order valence-corrected chi connectivity index (χ2v) is 6.87. The number of rotatable bonds is 4. The number of hydrogen-bond acceptors (Lipinski definition) is 5. The number of aromatic nitrogens is 3. The highest BCUT2D eigenvalue weighted by Crippen LogP contribution is 2.35. The molecular formula is C20H20FN5O. The number of fused-ring (bicyclic) bond motifs is 1. The van der Waals surface area contributed by atoms with E-state index in [1.54, 1.807) is 18.5 Å². The van der Waals surface area contributed by atoms with Crippen LogP contribution in [-0.2, 0) is 11.2 Å². The summed E-state index contributed by atoms with van der Waals surface area (Å²) in [6.07, 6.45) is 3.46. The van der Waals surface area contributed by atoms with Crippen LogP contribution >= 0.6 is 0 Å². The molecule has 27 heavy (non-hydrogen) atoms. The molecule has 1 amide bonds. The van der Waals surface area contributed by atoms with Crippen molar-refractivity contribution in [2.24, 2.45) is 5.92 Å². The molecule has 3 heterocycles.